The molecule has 0 aromatic heterocycles. The van der Waals surface area contributed by atoms with Crippen molar-refractivity contribution >= 4 is 17.3 Å². The predicted molar refractivity (Wildman–Crippen MR) is 106 cm³/mol. The molecule has 1 saturated heterocycles. The third kappa shape index (κ3) is 4.90. The zero-order valence-electron chi connectivity index (χ0n) is 16.6. The molecule has 3 rings (SSSR count). The Hall–Kier alpha value is -3.28. The number of hydroxylamine groups is 1. The molecule has 0 unspecified atom stereocenters. The maximum Gasteiger partial charge on any atom is 0.256 e. The fourth-order valence-electron chi connectivity index (χ4n) is 3.20. The SMILES string of the molecule is Cc1ccc(Nc2c(C(=O)N3CC(O)(CN/C(N)=C/[NH2+]O)C3)ccc(F)c2F)c(F)c1. The van der Waals surface area contributed by atoms with Gasteiger partial charge < -0.3 is 26.4 Å². The van der Waals surface area contributed by atoms with Crippen molar-refractivity contribution in [3.63, 3.8) is 0 Å². The van der Waals surface area contributed by atoms with E-state index >= 15 is 0 Å². The number of halogens is 3. The summed E-state index contributed by atoms with van der Waals surface area (Å²) in [5.74, 6) is -3.74. The van der Waals surface area contributed by atoms with Crippen molar-refractivity contribution in [3.05, 3.63) is 70.9 Å². The first kappa shape index (κ1) is 22.4. The van der Waals surface area contributed by atoms with Gasteiger partial charge in [0.2, 0.25) is 0 Å². The Balaban J connectivity index is 1.78. The maximum atomic E-state index is 14.5. The van der Waals surface area contributed by atoms with E-state index in [0.29, 0.717) is 5.56 Å². The van der Waals surface area contributed by atoms with Crippen LogP contribution < -0.4 is 21.8 Å². The number of nitrogens with one attached hydrogen (secondary N) is 2. The van der Waals surface area contributed by atoms with Crippen molar-refractivity contribution < 1.29 is 33.8 Å². The van der Waals surface area contributed by atoms with Crippen molar-refractivity contribution in [3.8, 4) is 0 Å². The first-order valence-corrected chi connectivity index (χ1v) is 9.33. The molecule has 0 aliphatic carbocycles. The molecule has 0 atom stereocenters. The third-order valence-corrected chi connectivity index (χ3v) is 4.84. The van der Waals surface area contributed by atoms with E-state index in [-0.39, 0.29) is 36.7 Å². The molecule has 11 heteroatoms. The number of benzene rings is 2. The summed E-state index contributed by atoms with van der Waals surface area (Å²) in [7, 11) is 0. The number of carbonyl (C=O) groups excluding carboxylic acids is 1. The molecule has 1 aliphatic heterocycles. The van der Waals surface area contributed by atoms with E-state index < -0.39 is 34.6 Å². The Bertz CT molecular complexity index is 1030. The lowest BCUT2D eigenvalue weighted by atomic mass is 9.92. The van der Waals surface area contributed by atoms with Crippen LogP contribution in [0.1, 0.15) is 15.9 Å². The van der Waals surface area contributed by atoms with E-state index in [4.69, 9.17) is 10.9 Å². The van der Waals surface area contributed by atoms with Crippen molar-refractivity contribution in [1.29, 1.82) is 0 Å². The quantitative estimate of drug-likeness (QED) is 0.352. The molecule has 8 N–H and O–H groups in total. The molecule has 0 spiro atoms. The first-order valence-electron chi connectivity index (χ1n) is 9.33. The Morgan fingerprint density at radius 3 is 2.61 bits per heavy atom. The number of rotatable bonds is 7. The summed E-state index contributed by atoms with van der Waals surface area (Å²) < 4.78 is 42.5. The van der Waals surface area contributed by atoms with Gasteiger partial charge in [0.25, 0.3) is 5.91 Å². The minimum Gasteiger partial charge on any atom is -0.384 e. The summed E-state index contributed by atoms with van der Waals surface area (Å²) in [6.45, 7) is 1.50. The molecule has 1 heterocycles. The molecule has 1 aliphatic rings. The molecular weight excluding hydrogens is 415 g/mol. The molecule has 0 radical (unpaired) electrons. The highest BCUT2D eigenvalue weighted by molar-refractivity contribution is 6.01. The number of nitrogens with zero attached hydrogens (tertiary/aromatic N) is 1. The fourth-order valence-corrected chi connectivity index (χ4v) is 3.20. The standard InChI is InChI=1S/C20H22F3N5O3/c1-11-2-5-15(14(22)6-11)27-18-12(3-4-13(21)17(18)23)19(29)28-9-20(30,10-28)8-25-16(24)7-26-31/h2-7,25-27,30-31H,8-10,24H2,1H3/p+1/b16-7+. The van der Waals surface area contributed by atoms with Crippen LogP contribution in [0.3, 0.4) is 0 Å². The molecule has 8 nitrogen and oxygen atoms in total. The van der Waals surface area contributed by atoms with Crippen LogP contribution >= 0.6 is 0 Å². The summed E-state index contributed by atoms with van der Waals surface area (Å²) >= 11 is 0. The fraction of sp³-hybridized carbons (Fsp3) is 0.250. The van der Waals surface area contributed by atoms with E-state index in [9.17, 15) is 23.1 Å². The molecule has 1 fully saturated rings. The van der Waals surface area contributed by atoms with Crippen LogP contribution in [0.4, 0.5) is 24.5 Å². The first-order chi connectivity index (χ1) is 14.6. The van der Waals surface area contributed by atoms with Crippen molar-refractivity contribution in [2.75, 3.05) is 25.0 Å². The second-order valence-corrected chi connectivity index (χ2v) is 7.40. The van der Waals surface area contributed by atoms with Gasteiger partial charge in [-0.3, -0.25) is 4.79 Å². The molecular formula is C20H23F3N5O3+. The number of carbonyl (C=O) groups is 1. The minimum atomic E-state index is -1.32. The third-order valence-electron chi connectivity index (χ3n) is 4.84. The topological polar surface area (TPSA) is 127 Å². The monoisotopic (exact) mass is 438 g/mol. The van der Waals surface area contributed by atoms with Crippen LogP contribution in [0.15, 0.2) is 42.4 Å². The number of quaternary nitrogens is 1. The molecule has 2 aromatic carbocycles. The van der Waals surface area contributed by atoms with E-state index in [1.807, 2.05) is 0 Å². The van der Waals surface area contributed by atoms with Crippen LogP contribution in [0.2, 0.25) is 0 Å². The van der Waals surface area contributed by atoms with E-state index in [0.717, 1.165) is 17.6 Å². The van der Waals surface area contributed by atoms with E-state index in [2.05, 4.69) is 10.6 Å². The largest absolute Gasteiger partial charge is 0.384 e. The summed E-state index contributed by atoms with van der Waals surface area (Å²) in [6.07, 6.45) is 1.19. The number of hydrogen-bond donors (Lipinski definition) is 6. The van der Waals surface area contributed by atoms with Gasteiger partial charge in [-0.2, -0.15) is 5.48 Å². The van der Waals surface area contributed by atoms with E-state index in [1.165, 1.54) is 23.2 Å². The average Bonchev–Trinajstić information content (AvgIpc) is 2.69. The Labute approximate surface area is 176 Å². The second-order valence-electron chi connectivity index (χ2n) is 7.40. The number of nitrogens with two attached hydrogens (primary N) is 2. The van der Waals surface area contributed by atoms with E-state index in [1.54, 1.807) is 13.0 Å². The number of amides is 1. The summed E-state index contributed by atoms with van der Waals surface area (Å²) in [5, 5.41) is 24.3. The maximum absolute atomic E-state index is 14.5. The van der Waals surface area contributed by atoms with Gasteiger partial charge in [-0.05, 0) is 36.8 Å². The lowest BCUT2D eigenvalue weighted by Gasteiger charge is -2.46. The molecule has 2 aromatic rings. The van der Waals surface area contributed by atoms with Crippen molar-refractivity contribution in [2.45, 2.75) is 12.5 Å². The van der Waals surface area contributed by atoms with Gasteiger partial charge in [0, 0.05) is 6.54 Å². The molecule has 166 valence electrons. The van der Waals surface area contributed by atoms with Gasteiger partial charge in [-0.25, -0.2) is 18.4 Å². The van der Waals surface area contributed by atoms with Crippen LogP contribution in [0.25, 0.3) is 0 Å². The average molecular weight is 438 g/mol. The molecule has 31 heavy (non-hydrogen) atoms. The normalized spacial score (nSPS) is 15.4. The number of anilines is 2. The van der Waals surface area contributed by atoms with Gasteiger partial charge in [0.15, 0.2) is 23.7 Å². The van der Waals surface area contributed by atoms with Crippen LogP contribution in [0, 0.1) is 24.4 Å². The smallest absolute Gasteiger partial charge is 0.256 e. The number of aryl methyl sites for hydroxylation is 1. The summed E-state index contributed by atoms with van der Waals surface area (Å²) in [5.41, 5.74) is 4.82. The Morgan fingerprint density at radius 2 is 1.97 bits per heavy atom. The number of β-amino-alcohol motifs (C(OH)–C–C–N with tert-alkyl or cyclic N) is 1. The van der Waals surface area contributed by atoms with Crippen LogP contribution in [-0.4, -0.2) is 46.4 Å². The molecule has 0 saturated carbocycles. The molecule has 1 amide bonds. The number of aliphatic hydroxyl groups is 1. The van der Waals surface area contributed by atoms with Crippen molar-refractivity contribution in [2.24, 2.45) is 5.73 Å². The number of hydrogen-bond acceptors (Lipinski definition) is 6. The second kappa shape index (κ2) is 8.84. The minimum absolute atomic E-state index is 0.00438. The Kier molecular flexibility index (Phi) is 6.39. The van der Waals surface area contributed by atoms with Gasteiger partial charge in [-0.1, -0.05) is 6.07 Å². The lowest BCUT2D eigenvalue weighted by Crippen LogP contribution is -2.75. The summed E-state index contributed by atoms with van der Waals surface area (Å²) in [4.78, 5) is 14.1. The van der Waals surface area contributed by atoms with Gasteiger partial charge >= 0.3 is 0 Å². The van der Waals surface area contributed by atoms with Gasteiger partial charge in [0.05, 0.1) is 30.0 Å². The highest BCUT2D eigenvalue weighted by Crippen LogP contribution is 2.31. The lowest BCUT2D eigenvalue weighted by molar-refractivity contribution is -0.839. The zero-order valence-corrected chi connectivity index (χ0v) is 16.6. The van der Waals surface area contributed by atoms with Gasteiger partial charge in [0.1, 0.15) is 11.4 Å². The van der Waals surface area contributed by atoms with Crippen LogP contribution in [0.5, 0.6) is 0 Å². The number of likely N-dealkylation sites (tertiary alicyclic amines) is 1. The van der Waals surface area contributed by atoms with Crippen LogP contribution in [-0.2, 0) is 0 Å². The molecule has 0 bridgehead atoms. The van der Waals surface area contributed by atoms with Gasteiger partial charge in [-0.15, -0.1) is 0 Å². The summed E-state index contributed by atoms with van der Waals surface area (Å²) in [6, 6.07) is 6.07. The highest BCUT2D eigenvalue weighted by Gasteiger charge is 2.44. The predicted octanol–water partition coefficient (Wildman–Crippen LogP) is 0.643. The zero-order chi connectivity index (χ0) is 22.8. The highest BCUT2D eigenvalue weighted by atomic mass is 19.2. The van der Waals surface area contributed by atoms with Crippen molar-refractivity contribution in [1.82, 2.24) is 10.2 Å². The Morgan fingerprint density at radius 1 is 1.26 bits per heavy atom.